The van der Waals surface area contributed by atoms with E-state index in [1.54, 1.807) is 0 Å². The number of aromatic hydroxyl groups is 1. The fourth-order valence-electron chi connectivity index (χ4n) is 0.860. The third-order valence-electron chi connectivity index (χ3n) is 1.47. The second kappa shape index (κ2) is 4.48. The lowest BCUT2D eigenvalue weighted by molar-refractivity contribution is 0.467. The van der Waals surface area contributed by atoms with Gasteiger partial charge in [-0.2, -0.15) is 0 Å². The van der Waals surface area contributed by atoms with Crippen LogP contribution in [0.1, 0.15) is 12.0 Å². The Kier molecular flexibility index (Phi) is 3.30. The predicted octanol–water partition coefficient (Wildman–Crippen LogP) is 1.23. The molecule has 3 heteroatoms. The molecule has 0 aliphatic carbocycles. The number of benzene rings is 1. The van der Waals surface area contributed by atoms with E-state index in [2.05, 4.69) is 11.8 Å². The van der Waals surface area contributed by atoms with Crippen molar-refractivity contribution in [3.8, 4) is 17.6 Å². The highest BCUT2D eigenvalue weighted by molar-refractivity contribution is 5.45. The minimum atomic E-state index is -0.510. The average Bonchev–Trinajstić information content (AvgIpc) is 2.10. The highest BCUT2D eigenvalue weighted by Crippen LogP contribution is 2.17. The standard InChI is InChI=1S/C10H10FNO/c11-9-5-3-6-10(13)8(9)4-1-2-7-12/h3,5-6,13H,2,7,12H2. The maximum absolute atomic E-state index is 13.0. The molecule has 0 bridgehead atoms. The molecule has 0 aliphatic heterocycles. The zero-order valence-electron chi connectivity index (χ0n) is 7.05. The number of hydrogen-bond donors (Lipinski definition) is 2. The van der Waals surface area contributed by atoms with E-state index in [1.807, 2.05) is 0 Å². The van der Waals surface area contributed by atoms with E-state index in [0.29, 0.717) is 13.0 Å². The fraction of sp³-hybridized carbons (Fsp3) is 0.200. The molecular formula is C10H10FNO. The van der Waals surface area contributed by atoms with Crippen LogP contribution >= 0.6 is 0 Å². The summed E-state index contributed by atoms with van der Waals surface area (Å²) in [4.78, 5) is 0. The lowest BCUT2D eigenvalue weighted by Gasteiger charge is -1.96. The van der Waals surface area contributed by atoms with Gasteiger partial charge in [-0.3, -0.25) is 0 Å². The second-order valence-corrected chi connectivity index (χ2v) is 2.47. The van der Waals surface area contributed by atoms with E-state index in [-0.39, 0.29) is 11.3 Å². The van der Waals surface area contributed by atoms with Crippen LogP contribution in [0.2, 0.25) is 0 Å². The van der Waals surface area contributed by atoms with Crippen molar-refractivity contribution in [2.75, 3.05) is 6.54 Å². The molecular weight excluding hydrogens is 169 g/mol. The molecule has 0 atom stereocenters. The van der Waals surface area contributed by atoms with E-state index < -0.39 is 5.82 Å². The molecule has 2 nitrogen and oxygen atoms in total. The van der Waals surface area contributed by atoms with Crippen molar-refractivity contribution in [3.05, 3.63) is 29.6 Å². The fourth-order valence-corrected chi connectivity index (χ4v) is 0.860. The van der Waals surface area contributed by atoms with Gasteiger partial charge in [0.2, 0.25) is 0 Å². The number of nitrogens with two attached hydrogens (primary N) is 1. The first-order chi connectivity index (χ1) is 6.25. The summed E-state index contributed by atoms with van der Waals surface area (Å²) >= 11 is 0. The van der Waals surface area contributed by atoms with Gasteiger partial charge < -0.3 is 10.8 Å². The van der Waals surface area contributed by atoms with Gasteiger partial charge in [-0.25, -0.2) is 4.39 Å². The van der Waals surface area contributed by atoms with Gasteiger partial charge in [-0.15, -0.1) is 0 Å². The number of phenolic OH excluding ortho intramolecular Hbond substituents is 1. The Bertz CT molecular complexity index is 331. The van der Waals surface area contributed by atoms with Crippen LogP contribution in [0, 0.1) is 17.7 Å². The van der Waals surface area contributed by atoms with Crippen LogP contribution in [0.3, 0.4) is 0 Å². The summed E-state index contributed by atoms with van der Waals surface area (Å²) in [6.07, 6.45) is 0.494. The van der Waals surface area contributed by atoms with Gasteiger partial charge >= 0.3 is 0 Å². The van der Waals surface area contributed by atoms with Gasteiger partial charge in [-0.05, 0) is 12.1 Å². The van der Waals surface area contributed by atoms with Crippen LogP contribution in [0.15, 0.2) is 18.2 Å². The van der Waals surface area contributed by atoms with Crippen molar-refractivity contribution in [2.24, 2.45) is 5.73 Å². The quantitative estimate of drug-likeness (QED) is 0.637. The van der Waals surface area contributed by atoms with E-state index in [9.17, 15) is 9.50 Å². The molecule has 1 aromatic rings. The monoisotopic (exact) mass is 179 g/mol. The normalized spacial score (nSPS) is 9.08. The largest absolute Gasteiger partial charge is 0.507 e. The van der Waals surface area contributed by atoms with E-state index in [1.165, 1.54) is 18.2 Å². The van der Waals surface area contributed by atoms with Gasteiger partial charge in [-0.1, -0.05) is 17.9 Å². The summed E-state index contributed by atoms with van der Waals surface area (Å²) in [5.74, 6) is 4.54. The van der Waals surface area contributed by atoms with Crippen molar-refractivity contribution < 1.29 is 9.50 Å². The molecule has 0 radical (unpaired) electrons. The van der Waals surface area contributed by atoms with Gasteiger partial charge in [0, 0.05) is 13.0 Å². The molecule has 13 heavy (non-hydrogen) atoms. The van der Waals surface area contributed by atoms with E-state index in [4.69, 9.17) is 5.73 Å². The van der Waals surface area contributed by atoms with Crippen LogP contribution in [0.5, 0.6) is 5.75 Å². The number of rotatable bonds is 1. The maximum Gasteiger partial charge on any atom is 0.142 e. The topological polar surface area (TPSA) is 46.2 Å². The van der Waals surface area contributed by atoms with Crippen molar-refractivity contribution >= 4 is 0 Å². The van der Waals surface area contributed by atoms with Gasteiger partial charge in [0.25, 0.3) is 0 Å². The molecule has 0 aromatic heterocycles. The lowest BCUT2D eigenvalue weighted by atomic mass is 10.2. The minimum Gasteiger partial charge on any atom is -0.507 e. The molecule has 0 unspecified atom stereocenters. The first-order valence-corrected chi connectivity index (χ1v) is 3.92. The number of halogens is 1. The number of hydrogen-bond acceptors (Lipinski definition) is 2. The summed E-state index contributed by atoms with van der Waals surface area (Å²) in [7, 11) is 0. The summed E-state index contributed by atoms with van der Waals surface area (Å²) in [5, 5.41) is 9.22. The summed E-state index contributed by atoms with van der Waals surface area (Å²) < 4.78 is 13.0. The molecule has 0 spiro atoms. The van der Waals surface area contributed by atoms with Crippen molar-refractivity contribution in [1.82, 2.24) is 0 Å². The van der Waals surface area contributed by atoms with Crippen molar-refractivity contribution in [2.45, 2.75) is 6.42 Å². The van der Waals surface area contributed by atoms with Crippen molar-refractivity contribution in [1.29, 1.82) is 0 Å². The molecule has 0 saturated heterocycles. The zero-order chi connectivity index (χ0) is 9.68. The predicted molar refractivity (Wildman–Crippen MR) is 48.6 cm³/mol. The van der Waals surface area contributed by atoms with E-state index in [0.717, 1.165) is 0 Å². The van der Waals surface area contributed by atoms with Gasteiger partial charge in [0.05, 0.1) is 0 Å². The summed E-state index contributed by atoms with van der Waals surface area (Å²) in [6.45, 7) is 0.433. The molecule has 0 amide bonds. The Morgan fingerprint density at radius 1 is 1.46 bits per heavy atom. The van der Waals surface area contributed by atoms with Crippen LogP contribution in [-0.2, 0) is 0 Å². The SMILES string of the molecule is NCCC#Cc1c(O)cccc1F. The van der Waals surface area contributed by atoms with Gasteiger partial charge in [0.15, 0.2) is 0 Å². The molecule has 0 aliphatic rings. The Morgan fingerprint density at radius 2 is 2.23 bits per heavy atom. The maximum atomic E-state index is 13.0. The molecule has 0 fully saturated rings. The van der Waals surface area contributed by atoms with Gasteiger partial charge in [0.1, 0.15) is 17.1 Å². The minimum absolute atomic E-state index is 0.0379. The first-order valence-electron chi connectivity index (χ1n) is 3.92. The highest BCUT2D eigenvalue weighted by Gasteiger charge is 2.02. The number of phenols is 1. The smallest absolute Gasteiger partial charge is 0.142 e. The molecule has 1 aromatic carbocycles. The summed E-state index contributed by atoms with van der Waals surface area (Å²) in [5.41, 5.74) is 5.25. The average molecular weight is 179 g/mol. The molecule has 3 N–H and O–H groups in total. The third kappa shape index (κ3) is 2.46. The molecule has 68 valence electrons. The van der Waals surface area contributed by atoms with Crippen LogP contribution in [0.4, 0.5) is 4.39 Å². The zero-order valence-corrected chi connectivity index (χ0v) is 7.05. The van der Waals surface area contributed by atoms with Crippen LogP contribution in [-0.4, -0.2) is 11.7 Å². The Balaban J connectivity index is 2.95. The Morgan fingerprint density at radius 3 is 2.85 bits per heavy atom. The van der Waals surface area contributed by atoms with Crippen LogP contribution < -0.4 is 5.73 Å². The van der Waals surface area contributed by atoms with Crippen molar-refractivity contribution in [3.63, 3.8) is 0 Å². The molecule has 1 rings (SSSR count). The molecule has 0 heterocycles. The highest BCUT2D eigenvalue weighted by atomic mass is 19.1. The first kappa shape index (κ1) is 9.56. The summed E-state index contributed by atoms with van der Waals surface area (Å²) in [6, 6.07) is 4.08. The third-order valence-corrected chi connectivity index (χ3v) is 1.47. The lowest BCUT2D eigenvalue weighted by Crippen LogP contribution is -1.95. The Hall–Kier alpha value is -1.53. The Labute approximate surface area is 76.2 Å². The van der Waals surface area contributed by atoms with Crippen LogP contribution in [0.25, 0.3) is 0 Å². The van der Waals surface area contributed by atoms with E-state index >= 15 is 0 Å². The molecule has 0 saturated carbocycles. The second-order valence-electron chi connectivity index (χ2n) is 2.47.